The molecule has 0 aliphatic rings. The summed E-state index contributed by atoms with van der Waals surface area (Å²) in [6.07, 6.45) is -0.142. The molecule has 144 valence electrons. The van der Waals surface area contributed by atoms with E-state index in [9.17, 15) is 9.59 Å². The number of rotatable bonds is 10. The molecule has 27 heavy (non-hydrogen) atoms. The summed E-state index contributed by atoms with van der Waals surface area (Å²) in [6.45, 7) is 2.36. The molecule has 1 unspecified atom stereocenters. The molecule has 1 atom stereocenters. The summed E-state index contributed by atoms with van der Waals surface area (Å²) in [4.78, 5) is 22.6. The van der Waals surface area contributed by atoms with Gasteiger partial charge in [0, 0.05) is 13.0 Å². The van der Waals surface area contributed by atoms with Crippen LogP contribution in [0.1, 0.15) is 25.3 Å². The Morgan fingerprint density at radius 3 is 2.52 bits per heavy atom. The molecule has 2 rings (SSSR count). The van der Waals surface area contributed by atoms with Crippen LogP contribution in [-0.4, -0.2) is 29.7 Å². The van der Waals surface area contributed by atoms with Gasteiger partial charge in [-0.05, 0) is 43.2 Å². The third kappa shape index (κ3) is 7.19. The number of hydrogen-bond acceptors (Lipinski definition) is 4. The minimum atomic E-state index is -0.836. The molecular formula is C20H22ClNO5. The Balaban J connectivity index is 1.76. The molecule has 6 nitrogen and oxygen atoms in total. The summed E-state index contributed by atoms with van der Waals surface area (Å²) in [7, 11) is 0. The van der Waals surface area contributed by atoms with Gasteiger partial charge in [-0.1, -0.05) is 35.9 Å². The maximum Gasteiger partial charge on any atom is 0.303 e. The first kappa shape index (κ1) is 20.6. The molecule has 2 N–H and O–H groups in total. The third-order valence-corrected chi connectivity index (χ3v) is 4.02. The smallest absolute Gasteiger partial charge is 0.303 e. The molecule has 0 saturated heterocycles. The van der Waals surface area contributed by atoms with Crippen LogP contribution >= 0.6 is 11.6 Å². The molecule has 0 saturated carbocycles. The van der Waals surface area contributed by atoms with Crippen molar-refractivity contribution in [1.29, 1.82) is 0 Å². The lowest BCUT2D eigenvalue weighted by Crippen LogP contribution is -2.35. The summed E-state index contributed by atoms with van der Waals surface area (Å²) in [5.41, 5.74) is 0.908. The molecule has 0 aliphatic heterocycles. The van der Waals surface area contributed by atoms with E-state index < -0.39 is 12.1 Å². The van der Waals surface area contributed by atoms with E-state index in [0.29, 0.717) is 36.1 Å². The van der Waals surface area contributed by atoms with E-state index in [-0.39, 0.29) is 12.3 Å². The highest BCUT2D eigenvalue weighted by Crippen LogP contribution is 2.24. The predicted octanol–water partition coefficient (Wildman–Crippen LogP) is 3.67. The Morgan fingerprint density at radius 1 is 1.15 bits per heavy atom. The third-order valence-electron chi connectivity index (χ3n) is 3.70. The van der Waals surface area contributed by atoms with Gasteiger partial charge < -0.3 is 19.9 Å². The second-order valence-corrected chi connectivity index (χ2v) is 6.31. The number of para-hydroxylation sites is 1. The lowest BCUT2D eigenvalue weighted by atomic mass is 10.2. The number of aliphatic carboxylic acids is 1. The number of carboxylic acids is 1. The Hall–Kier alpha value is -2.73. The van der Waals surface area contributed by atoms with E-state index in [4.69, 9.17) is 26.2 Å². The van der Waals surface area contributed by atoms with E-state index in [1.54, 1.807) is 43.3 Å². The second-order valence-electron chi connectivity index (χ2n) is 5.90. The van der Waals surface area contributed by atoms with Crippen LogP contribution in [-0.2, 0) is 16.1 Å². The second kappa shape index (κ2) is 10.4. The van der Waals surface area contributed by atoms with Crippen molar-refractivity contribution >= 4 is 23.5 Å². The first-order chi connectivity index (χ1) is 13.0. The SMILES string of the molecule is CC(Oc1ccccc1Cl)C(=O)NCc1ccc(OCCCC(=O)O)cc1. The first-order valence-electron chi connectivity index (χ1n) is 8.58. The summed E-state index contributed by atoms with van der Waals surface area (Å²) < 4.78 is 11.1. The number of carbonyl (C=O) groups excluding carboxylic acids is 1. The minimum absolute atomic E-state index is 0.0819. The van der Waals surface area contributed by atoms with Gasteiger partial charge in [0.05, 0.1) is 11.6 Å². The molecule has 2 aromatic carbocycles. The largest absolute Gasteiger partial charge is 0.494 e. The lowest BCUT2D eigenvalue weighted by Gasteiger charge is -2.15. The lowest BCUT2D eigenvalue weighted by molar-refractivity contribution is -0.137. The highest BCUT2D eigenvalue weighted by atomic mass is 35.5. The summed E-state index contributed by atoms with van der Waals surface area (Å²) in [5.74, 6) is 0.0402. The van der Waals surface area contributed by atoms with E-state index in [0.717, 1.165) is 5.56 Å². The highest BCUT2D eigenvalue weighted by Gasteiger charge is 2.15. The van der Waals surface area contributed by atoms with Gasteiger partial charge in [-0.25, -0.2) is 0 Å². The van der Waals surface area contributed by atoms with Gasteiger partial charge >= 0.3 is 5.97 Å². The van der Waals surface area contributed by atoms with Crippen LogP contribution in [0.2, 0.25) is 5.02 Å². The Bertz CT molecular complexity index is 763. The zero-order chi connectivity index (χ0) is 19.6. The number of carboxylic acid groups (broad SMARTS) is 1. The Kier molecular flexibility index (Phi) is 7.95. The number of ether oxygens (including phenoxy) is 2. The van der Waals surface area contributed by atoms with Crippen molar-refractivity contribution in [2.24, 2.45) is 0 Å². The van der Waals surface area contributed by atoms with Crippen molar-refractivity contribution in [2.45, 2.75) is 32.4 Å². The zero-order valence-electron chi connectivity index (χ0n) is 15.0. The van der Waals surface area contributed by atoms with Gasteiger partial charge in [0.2, 0.25) is 0 Å². The highest BCUT2D eigenvalue weighted by molar-refractivity contribution is 6.32. The molecule has 0 aliphatic carbocycles. The molecule has 0 radical (unpaired) electrons. The van der Waals surface area contributed by atoms with Gasteiger partial charge in [-0.2, -0.15) is 0 Å². The fourth-order valence-corrected chi connectivity index (χ4v) is 2.41. The van der Waals surface area contributed by atoms with Crippen LogP contribution < -0.4 is 14.8 Å². The van der Waals surface area contributed by atoms with Crippen LogP contribution in [0.25, 0.3) is 0 Å². The van der Waals surface area contributed by atoms with Gasteiger partial charge in [0.25, 0.3) is 5.91 Å². The average Bonchev–Trinajstić information content (AvgIpc) is 2.66. The zero-order valence-corrected chi connectivity index (χ0v) is 15.7. The molecule has 0 aromatic heterocycles. The normalized spacial score (nSPS) is 11.5. The van der Waals surface area contributed by atoms with Gasteiger partial charge in [0.1, 0.15) is 11.5 Å². The number of halogens is 1. The number of benzene rings is 2. The molecule has 2 aromatic rings. The maximum absolute atomic E-state index is 12.2. The van der Waals surface area contributed by atoms with E-state index >= 15 is 0 Å². The van der Waals surface area contributed by atoms with E-state index in [2.05, 4.69) is 5.32 Å². The van der Waals surface area contributed by atoms with Crippen LogP contribution in [0.4, 0.5) is 0 Å². The van der Waals surface area contributed by atoms with E-state index in [1.165, 1.54) is 0 Å². The van der Waals surface area contributed by atoms with Gasteiger partial charge in [-0.3, -0.25) is 9.59 Å². The molecule has 1 amide bonds. The van der Waals surface area contributed by atoms with Crippen LogP contribution in [0.3, 0.4) is 0 Å². The van der Waals surface area contributed by atoms with Crippen molar-refractivity contribution in [3.63, 3.8) is 0 Å². The monoisotopic (exact) mass is 391 g/mol. The fraction of sp³-hybridized carbons (Fsp3) is 0.300. The van der Waals surface area contributed by atoms with Crippen molar-refractivity contribution in [3.05, 3.63) is 59.1 Å². The maximum atomic E-state index is 12.2. The average molecular weight is 392 g/mol. The number of carbonyl (C=O) groups is 2. The Morgan fingerprint density at radius 2 is 1.85 bits per heavy atom. The predicted molar refractivity (Wildman–Crippen MR) is 102 cm³/mol. The molecule has 0 fully saturated rings. The van der Waals surface area contributed by atoms with Gasteiger partial charge in [0.15, 0.2) is 6.10 Å². The quantitative estimate of drug-likeness (QED) is 0.603. The molecule has 7 heteroatoms. The molecule has 0 bridgehead atoms. The van der Waals surface area contributed by atoms with Crippen LogP contribution in [0.15, 0.2) is 48.5 Å². The topological polar surface area (TPSA) is 84.9 Å². The molecule has 0 heterocycles. The van der Waals surface area contributed by atoms with Crippen molar-refractivity contribution in [1.82, 2.24) is 5.32 Å². The molecule has 0 spiro atoms. The Labute approximate surface area is 163 Å². The standard InChI is InChI=1S/C20H22ClNO5/c1-14(27-18-6-3-2-5-17(18)21)20(25)22-13-15-8-10-16(11-9-15)26-12-4-7-19(23)24/h2-3,5-6,8-11,14H,4,7,12-13H2,1H3,(H,22,25)(H,23,24). The number of hydrogen-bond donors (Lipinski definition) is 2. The fourth-order valence-electron chi connectivity index (χ4n) is 2.23. The van der Waals surface area contributed by atoms with Crippen LogP contribution in [0.5, 0.6) is 11.5 Å². The van der Waals surface area contributed by atoms with Gasteiger partial charge in [-0.15, -0.1) is 0 Å². The summed E-state index contributed by atoms with van der Waals surface area (Å²) in [5, 5.41) is 11.8. The summed E-state index contributed by atoms with van der Waals surface area (Å²) in [6, 6.07) is 14.2. The van der Waals surface area contributed by atoms with Crippen molar-refractivity contribution in [2.75, 3.05) is 6.61 Å². The number of nitrogens with one attached hydrogen (secondary N) is 1. The van der Waals surface area contributed by atoms with Crippen molar-refractivity contribution < 1.29 is 24.2 Å². The van der Waals surface area contributed by atoms with E-state index in [1.807, 2.05) is 12.1 Å². The van der Waals surface area contributed by atoms with Crippen LogP contribution in [0, 0.1) is 0 Å². The summed E-state index contributed by atoms with van der Waals surface area (Å²) >= 11 is 6.02. The first-order valence-corrected chi connectivity index (χ1v) is 8.96. The minimum Gasteiger partial charge on any atom is -0.494 e. The molecular weight excluding hydrogens is 370 g/mol. The number of amides is 1. The van der Waals surface area contributed by atoms with Crippen molar-refractivity contribution in [3.8, 4) is 11.5 Å².